The predicted octanol–water partition coefficient (Wildman–Crippen LogP) is -1.20. The topological polar surface area (TPSA) is 119 Å². The van der Waals surface area contributed by atoms with E-state index < -0.39 is 24.6 Å². The van der Waals surface area contributed by atoms with Gasteiger partial charge in [0.25, 0.3) is 0 Å². The van der Waals surface area contributed by atoms with E-state index in [2.05, 4.69) is 10.1 Å². The number of nitrogens with two attached hydrogens (primary N) is 1. The van der Waals surface area contributed by atoms with Crippen molar-refractivity contribution in [1.29, 1.82) is 5.41 Å². The summed E-state index contributed by atoms with van der Waals surface area (Å²) in [5, 5.41) is 20.6. The van der Waals surface area contributed by atoms with Gasteiger partial charge in [0, 0.05) is 7.11 Å². The molecule has 1 saturated heterocycles. The number of aliphatic hydroxyl groups is 1. The molecule has 2 rings (SSSR count). The van der Waals surface area contributed by atoms with Gasteiger partial charge in [0.1, 0.15) is 18.5 Å². The Kier molecular flexibility index (Phi) is 3.55. The molecule has 18 heavy (non-hydrogen) atoms. The van der Waals surface area contributed by atoms with E-state index in [0.717, 1.165) is 4.68 Å². The molecule has 0 bridgehead atoms. The molecule has 1 fully saturated rings. The first-order chi connectivity index (χ1) is 8.54. The van der Waals surface area contributed by atoms with Crippen LogP contribution >= 0.6 is 0 Å². The van der Waals surface area contributed by atoms with E-state index in [9.17, 15) is 9.50 Å². The number of ether oxygens (including phenoxy) is 2. The maximum atomic E-state index is 13.8. The van der Waals surface area contributed by atoms with Crippen LogP contribution < -0.4 is 5.73 Å². The average molecular weight is 259 g/mol. The van der Waals surface area contributed by atoms with Crippen LogP contribution in [-0.4, -0.2) is 57.8 Å². The number of halogens is 1. The van der Waals surface area contributed by atoms with Gasteiger partial charge in [-0.2, -0.15) is 0 Å². The molecule has 1 aromatic rings. The van der Waals surface area contributed by atoms with Gasteiger partial charge in [0.2, 0.25) is 5.82 Å². The molecule has 1 aliphatic rings. The van der Waals surface area contributed by atoms with Crippen molar-refractivity contribution in [2.45, 2.75) is 24.6 Å². The molecule has 9 heteroatoms. The molecule has 100 valence electrons. The molecule has 0 radical (unpaired) electrons. The van der Waals surface area contributed by atoms with Crippen molar-refractivity contribution in [3.63, 3.8) is 0 Å². The first-order valence-corrected chi connectivity index (χ1v) is 5.26. The van der Waals surface area contributed by atoms with E-state index in [0.29, 0.717) is 0 Å². The number of methoxy groups -OCH3 is 1. The quantitative estimate of drug-likeness (QED) is 0.462. The van der Waals surface area contributed by atoms with Gasteiger partial charge in [-0.25, -0.2) is 14.1 Å². The smallest absolute Gasteiger partial charge is 0.215 e. The normalized spacial score (nSPS) is 31.7. The van der Waals surface area contributed by atoms with Gasteiger partial charge in [0.15, 0.2) is 18.2 Å². The molecule has 4 N–H and O–H groups in total. The third-order valence-electron chi connectivity index (χ3n) is 2.63. The monoisotopic (exact) mass is 259 g/mol. The lowest BCUT2D eigenvalue weighted by molar-refractivity contribution is -0.0599. The second kappa shape index (κ2) is 4.96. The summed E-state index contributed by atoms with van der Waals surface area (Å²) in [5.74, 6) is -0.341. The summed E-state index contributed by atoms with van der Waals surface area (Å²) in [5.41, 5.74) is 5.20. The average Bonchev–Trinajstić information content (AvgIpc) is 2.90. The lowest BCUT2D eigenvalue weighted by atomic mass is 10.1. The van der Waals surface area contributed by atoms with Crippen LogP contribution in [0.25, 0.3) is 0 Å². The van der Waals surface area contributed by atoms with Gasteiger partial charge in [-0.15, -0.1) is 5.10 Å². The highest BCUT2D eigenvalue weighted by Crippen LogP contribution is 2.31. The molecular weight excluding hydrogens is 245 g/mol. The Morgan fingerprint density at radius 3 is 3.06 bits per heavy atom. The Balaban J connectivity index is 2.15. The molecule has 1 aliphatic heterocycles. The minimum absolute atomic E-state index is 0.0181. The number of amidine groups is 1. The van der Waals surface area contributed by atoms with Gasteiger partial charge in [-0.1, -0.05) is 0 Å². The minimum atomic E-state index is -1.65. The zero-order chi connectivity index (χ0) is 13.3. The third-order valence-corrected chi connectivity index (χ3v) is 2.63. The Hall–Kier alpha value is -1.58. The number of nitrogens with zero attached hydrogens (tertiary/aromatic N) is 3. The summed E-state index contributed by atoms with van der Waals surface area (Å²) in [4.78, 5) is 3.73. The molecule has 0 aromatic carbocycles. The van der Waals surface area contributed by atoms with Crippen molar-refractivity contribution in [3.05, 3.63) is 12.2 Å². The number of hydrogen-bond acceptors (Lipinski definition) is 6. The standard InChI is InChI=1S/C9H14FN5O3/c1-17-2-4-6(16)5(10)9(18-4)15-3-13-8(14-15)7(11)12/h3-6,9,16H,2H2,1H3,(H3,11,12)/t4-,5-,6-,9-/m1/s1. The van der Waals surface area contributed by atoms with E-state index in [1.165, 1.54) is 13.4 Å². The van der Waals surface area contributed by atoms with Crippen LogP contribution in [0, 0.1) is 5.41 Å². The Labute approximate surface area is 102 Å². The van der Waals surface area contributed by atoms with E-state index in [-0.39, 0.29) is 18.3 Å². The molecule has 0 unspecified atom stereocenters. The van der Waals surface area contributed by atoms with Gasteiger partial charge in [0.05, 0.1) is 6.61 Å². The summed E-state index contributed by atoms with van der Waals surface area (Å²) in [6, 6.07) is 0. The van der Waals surface area contributed by atoms with Crippen molar-refractivity contribution < 1.29 is 19.0 Å². The lowest BCUT2D eigenvalue weighted by Gasteiger charge is -2.12. The van der Waals surface area contributed by atoms with Crippen LogP contribution in [0.15, 0.2) is 6.33 Å². The fraction of sp³-hybridized carbons (Fsp3) is 0.667. The van der Waals surface area contributed by atoms with Crippen molar-refractivity contribution in [3.8, 4) is 0 Å². The zero-order valence-electron chi connectivity index (χ0n) is 9.65. The highest BCUT2D eigenvalue weighted by Gasteiger charge is 2.45. The fourth-order valence-electron chi connectivity index (χ4n) is 1.74. The lowest BCUT2D eigenvalue weighted by Crippen LogP contribution is -2.31. The van der Waals surface area contributed by atoms with Gasteiger partial charge in [-0.3, -0.25) is 5.41 Å². The molecule has 0 saturated carbocycles. The van der Waals surface area contributed by atoms with Crippen molar-refractivity contribution in [2.75, 3.05) is 13.7 Å². The summed E-state index contributed by atoms with van der Waals surface area (Å²) in [7, 11) is 1.43. The highest BCUT2D eigenvalue weighted by molar-refractivity contribution is 5.90. The van der Waals surface area contributed by atoms with Crippen LogP contribution in [0.5, 0.6) is 0 Å². The molecule has 8 nitrogen and oxygen atoms in total. The molecule has 0 aliphatic carbocycles. The summed E-state index contributed by atoms with van der Waals surface area (Å²) in [6.07, 6.45) is -3.59. The number of aliphatic hydroxyl groups excluding tert-OH is 1. The number of nitrogens with one attached hydrogen (secondary N) is 1. The number of alkyl halides is 1. The van der Waals surface area contributed by atoms with E-state index in [1.54, 1.807) is 0 Å². The largest absolute Gasteiger partial charge is 0.387 e. The molecular formula is C9H14FN5O3. The van der Waals surface area contributed by atoms with E-state index in [1.807, 2.05) is 0 Å². The van der Waals surface area contributed by atoms with Crippen molar-refractivity contribution >= 4 is 5.84 Å². The predicted molar refractivity (Wildman–Crippen MR) is 57.7 cm³/mol. The van der Waals surface area contributed by atoms with E-state index in [4.69, 9.17) is 20.6 Å². The van der Waals surface area contributed by atoms with Crippen LogP contribution in [0.1, 0.15) is 12.1 Å². The van der Waals surface area contributed by atoms with Crippen LogP contribution in [0.2, 0.25) is 0 Å². The van der Waals surface area contributed by atoms with Crippen LogP contribution in [0.3, 0.4) is 0 Å². The maximum absolute atomic E-state index is 13.8. The fourth-order valence-corrected chi connectivity index (χ4v) is 1.74. The van der Waals surface area contributed by atoms with Crippen LogP contribution in [-0.2, 0) is 9.47 Å². The first-order valence-electron chi connectivity index (χ1n) is 5.26. The minimum Gasteiger partial charge on any atom is -0.387 e. The Bertz CT molecular complexity index is 440. The highest BCUT2D eigenvalue weighted by atomic mass is 19.1. The van der Waals surface area contributed by atoms with Gasteiger partial charge < -0.3 is 20.3 Å². The SMILES string of the molecule is COC[C@H]1O[C@@H](n2cnc(C(=N)N)n2)[C@H](F)[C@@H]1O. The summed E-state index contributed by atoms with van der Waals surface area (Å²) in [6.45, 7) is 0.0757. The van der Waals surface area contributed by atoms with Crippen molar-refractivity contribution in [2.24, 2.45) is 5.73 Å². The Morgan fingerprint density at radius 2 is 2.50 bits per heavy atom. The Morgan fingerprint density at radius 1 is 1.78 bits per heavy atom. The van der Waals surface area contributed by atoms with E-state index >= 15 is 0 Å². The summed E-state index contributed by atoms with van der Waals surface area (Å²) >= 11 is 0. The van der Waals surface area contributed by atoms with Crippen molar-refractivity contribution in [1.82, 2.24) is 14.8 Å². The second-order valence-electron chi connectivity index (χ2n) is 3.92. The number of aromatic nitrogens is 3. The van der Waals surface area contributed by atoms with Gasteiger partial charge >= 0.3 is 0 Å². The molecule has 2 heterocycles. The van der Waals surface area contributed by atoms with Gasteiger partial charge in [-0.05, 0) is 0 Å². The molecule has 4 atom stereocenters. The molecule has 0 spiro atoms. The number of nitrogen functional groups attached to an aromatic ring is 1. The zero-order valence-corrected chi connectivity index (χ0v) is 9.65. The third kappa shape index (κ3) is 2.19. The number of hydrogen-bond donors (Lipinski definition) is 3. The summed E-state index contributed by atoms with van der Waals surface area (Å²) < 4.78 is 25.1. The maximum Gasteiger partial charge on any atom is 0.215 e. The molecule has 1 aromatic heterocycles. The first kappa shape index (κ1) is 12.9. The van der Waals surface area contributed by atoms with Crippen LogP contribution in [0.4, 0.5) is 4.39 Å². The number of rotatable bonds is 4. The molecule has 0 amide bonds. The second-order valence-corrected chi connectivity index (χ2v) is 3.92.